The van der Waals surface area contributed by atoms with Crippen LogP contribution in [0.4, 0.5) is 4.39 Å². The van der Waals surface area contributed by atoms with Crippen molar-refractivity contribution in [1.29, 1.82) is 0 Å². The van der Waals surface area contributed by atoms with Crippen LogP contribution in [0.1, 0.15) is 40.7 Å². The number of rotatable bonds is 3. The number of likely N-dealkylation sites (tertiary alicyclic amines) is 1. The minimum absolute atomic E-state index is 0.0377. The van der Waals surface area contributed by atoms with E-state index in [1.165, 1.54) is 12.1 Å². The first kappa shape index (κ1) is 20.3. The van der Waals surface area contributed by atoms with Gasteiger partial charge in [-0.2, -0.15) is 0 Å². The maximum atomic E-state index is 13.6. The molecule has 0 aromatic heterocycles. The summed E-state index contributed by atoms with van der Waals surface area (Å²) >= 11 is 0. The van der Waals surface area contributed by atoms with E-state index in [2.05, 4.69) is 0 Å². The van der Waals surface area contributed by atoms with E-state index in [1.807, 2.05) is 30.0 Å². The zero-order valence-electron chi connectivity index (χ0n) is 17.7. The van der Waals surface area contributed by atoms with Gasteiger partial charge in [0, 0.05) is 24.7 Å². The molecule has 0 unspecified atom stereocenters. The van der Waals surface area contributed by atoms with E-state index >= 15 is 0 Å². The lowest BCUT2D eigenvalue weighted by Crippen LogP contribution is -2.42. The Morgan fingerprint density at radius 2 is 1.97 bits per heavy atom. The number of benzene rings is 2. The number of nitrogens with zero attached hydrogens (tertiary/aromatic N) is 1. The van der Waals surface area contributed by atoms with Crippen LogP contribution < -0.4 is 9.47 Å². The minimum atomic E-state index is -0.625. The normalized spacial score (nSPS) is 27.3. The molecule has 5 rings (SSSR count). The van der Waals surface area contributed by atoms with Crippen molar-refractivity contribution in [2.75, 3.05) is 19.7 Å². The van der Waals surface area contributed by atoms with Crippen molar-refractivity contribution in [3.05, 3.63) is 58.9 Å². The van der Waals surface area contributed by atoms with Gasteiger partial charge in [0.25, 0.3) is 5.91 Å². The van der Waals surface area contributed by atoms with Crippen LogP contribution in [0.15, 0.2) is 36.4 Å². The van der Waals surface area contributed by atoms with Crippen molar-refractivity contribution in [2.45, 2.75) is 44.8 Å². The maximum absolute atomic E-state index is 13.6. The number of hydrogen-bond acceptors (Lipinski definition) is 4. The molecule has 2 aromatic rings. The highest BCUT2D eigenvalue weighted by molar-refractivity contribution is 5.94. The molecule has 31 heavy (non-hydrogen) atoms. The number of aliphatic hydroxyl groups excluding tert-OH is 1. The topological polar surface area (TPSA) is 59.0 Å². The molecule has 3 aliphatic rings. The van der Waals surface area contributed by atoms with Gasteiger partial charge >= 0.3 is 0 Å². The summed E-state index contributed by atoms with van der Waals surface area (Å²) in [6.45, 7) is 3.91. The van der Waals surface area contributed by atoms with Gasteiger partial charge in [-0.15, -0.1) is 0 Å². The average Bonchev–Trinajstić information content (AvgIpc) is 3.18. The number of carbonyl (C=O) groups excluding carboxylic acids is 1. The van der Waals surface area contributed by atoms with Crippen LogP contribution in [0.5, 0.6) is 11.5 Å². The molecule has 1 saturated carbocycles. The van der Waals surface area contributed by atoms with Crippen molar-refractivity contribution in [1.82, 2.24) is 4.90 Å². The Hall–Kier alpha value is -2.60. The number of halogens is 1. The summed E-state index contributed by atoms with van der Waals surface area (Å²) in [6, 6.07) is 10.2. The predicted octanol–water partition coefficient (Wildman–Crippen LogP) is 3.75. The molecule has 2 heterocycles. The maximum Gasteiger partial charge on any atom is 0.253 e. The van der Waals surface area contributed by atoms with E-state index < -0.39 is 12.2 Å². The number of ether oxygens (including phenoxy) is 2. The van der Waals surface area contributed by atoms with Crippen LogP contribution in [-0.4, -0.2) is 47.8 Å². The van der Waals surface area contributed by atoms with Gasteiger partial charge in [0.2, 0.25) is 0 Å². The first-order valence-corrected chi connectivity index (χ1v) is 11.1. The van der Waals surface area contributed by atoms with E-state index in [4.69, 9.17) is 9.47 Å². The first-order chi connectivity index (χ1) is 15.0. The molecule has 4 atom stereocenters. The molecule has 0 spiro atoms. The molecular formula is C25H28FNO4. The van der Waals surface area contributed by atoms with E-state index in [-0.39, 0.29) is 23.6 Å². The molecule has 2 fully saturated rings. The molecule has 2 aliphatic heterocycles. The van der Waals surface area contributed by atoms with Gasteiger partial charge in [-0.1, -0.05) is 6.07 Å². The van der Waals surface area contributed by atoms with E-state index in [0.29, 0.717) is 37.2 Å². The molecular weight excluding hydrogens is 397 g/mol. The van der Waals surface area contributed by atoms with E-state index in [1.54, 1.807) is 6.07 Å². The van der Waals surface area contributed by atoms with Crippen LogP contribution in [-0.2, 0) is 6.42 Å². The van der Waals surface area contributed by atoms with Crippen LogP contribution in [0.2, 0.25) is 0 Å². The summed E-state index contributed by atoms with van der Waals surface area (Å²) in [7, 11) is 0. The molecule has 6 heteroatoms. The third-order valence-corrected chi connectivity index (χ3v) is 6.96. The van der Waals surface area contributed by atoms with Gasteiger partial charge in [-0.3, -0.25) is 4.79 Å². The molecule has 0 radical (unpaired) electrons. The Morgan fingerprint density at radius 1 is 1.16 bits per heavy atom. The lowest BCUT2D eigenvalue weighted by Gasteiger charge is -2.35. The van der Waals surface area contributed by atoms with Gasteiger partial charge in [-0.05, 0) is 79.8 Å². The van der Waals surface area contributed by atoms with Crippen LogP contribution in [0, 0.1) is 24.6 Å². The van der Waals surface area contributed by atoms with Gasteiger partial charge in [-0.25, -0.2) is 4.39 Å². The number of aryl methyl sites for hydroxylation is 2. The lowest BCUT2D eigenvalue weighted by atomic mass is 9.78. The summed E-state index contributed by atoms with van der Waals surface area (Å²) in [6.07, 6.45) is 2.14. The number of carbonyl (C=O) groups is 1. The molecule has 5 nitrogen and oxygen atoms in total. The number of fused-ring (bicyclic) bond motifs is 2. The summed E-state index contributed by atoms with van der Waals surface area (Å²) in [5.74, 6) is 1.58. The third kappa shape index (κ3) is 4.01. The fourth-order valence-corrected chi connectivity index (χ4v) is 5.22. The zero-order valence-corrected chi connectivity index (χ0v) is 17.7. The number of hydrogen-bond donors (Lipinski definition) is 1. The Labute approximate surface area is 181 Å². The van der Waals surface area contributed by atoms with Crippen molar-refractivity contribution in [3.63, 3.8) is 0 Å². The summed E-state index contributed by atoms with van der Waals surface area (Å²) in [4.78, 5) is 15.1. The smallest absolute Gasteiger partial charge is 0.253 e. The minimum Gasteiger partial charge on any atom is -0.493 e. The molecule has 1 aliphatic carbocycles. The highest BCUT2D eigenvalue weighted by Gasteiger charge is 2.44. The quantitative estimate of drug-likeness (QED) is 0.814. The Balaban J connectivity index is 1.27. The second-order valence-corrected chi connectivity index (χ2v) is 9.11. The highest BCUT2D eigenvalue weighted by Crippen LogP contribution is 2.39. The van der Waals surface area contributed by atoms with Crippen LogP contribution >= 0.6 is 0 Å². The van der Waals surface area contributed by atoms with Crippen molar-refractivity contribution >= 4 is 5.91 Å². The molecule has 1 saturated heterocycles. The summed E-state index contributed by atoms with van der Waals surface area (Å²) < 4.78 is 25.3. The lowest BCUT2D eigenvalue weighted by molar-refractivity contribution is -0.0235. The molecule has 164 valence electrons. The molecule has 2 aromatic carbocycles. The second-order valence-electron chi connectivity index (χ2n) is 9.11. The first-order valence-electron chi connectivity index (χ1n) is 11.1. The summed E-state index contributed by atoms with van der Waals surface area (Å²) in [5, 5.41) is 10.7. The van der Waals surface area contributed by atoms with Crippen molar-refractivity contribution in [2.24, 2.45) is 11.8 Å². The highest BCUT2D eigenvalue weighted by atomic mass is 19.1. The third-order valence-electron chi connectivity index (χ3n) is 6.96. The number of aliphatic hydroxyl groups is 1. The van der Waals surface area contributed by atoms with E-state index in [0.717, 1.165) is 36.3 Å². The monoisotopic (exact) mass is 425 g/mol. The van der Waals surface area contributed by atoms with Crippen molar-refractivity contribution in [3.8, 4) is 11.5 Å². The SMILES string of the molecule is Cc1ccc(F)cc1O[C@@H]1C[C@@H]2CN(C(=O)c3ccc4c(c3)CCCO4)C[C@@H]2C[C@H]1O. The van der Waals surface area contributed by atoms with E-state index in [9.17, 15) is 14.3 Å². The van der Waals surface area contributed by atoms with Gasteiger partial charge in [0.05, 0.1) is 12.7 Å². The molecule has 1 amide bonds. The standard InChI is InChI=1S/C25H28FNO4/c1-15-4-6-20(26)12-23(15)31-24-11-19-14-27(13-18(19)10-21(24)28)25(29)17-5-7-22-16(9-17)3-2-8-30-22/h4-7,9,12,18-19,21,24,28H,2-3,8,10-11,13-14H2,1H3/t18-,19+,21+,24+/m0/s1. The van der Waals surface area contributed by atoms with Crippen molar-refractivity contribution < 1.29 is 23.8 Å². The largest absolute Gasteiger partial charge is 0.493 e. The molecule has 1 N–H and O–H groups in total. The predicted molar refractivity (Wildman–Crippen MR) is 114 cm³/mol. The van der Waals surface area contributed by atoms with Gasteiger partial charge in [0.1, 0.15) is 23.4 Å². The Morgan fingerprint density at radius 3 is 2.81 bits per heavy atom. The summed E-state index contributed by atoms with van der Waals surface area (Å²) in [5.41, 5.74) is 2.64. The van der Waals surface area contributed by atoms with Gasteiger partial charge < -0.3 is 19.5 Å². The zero-order chi connectivity index (χ0) is 21.5. The Bertz CT molecular complexity index is 993. The second kappa shape index (κ2) is 8.15. The molecule has 0 bridgehead atoms. The fraction of sp³-hybridized carbons (Fsp3) is 0.480. The average molecular weight is 426 g/mol. The number of amides is 1. The van der Waals surface area contributed by atoms with Crippen LogP contribution in [0.3, 0.4) is 0 Å². The fourth-order valence-electron chi connectivity index (χ4n) is 5.22. The van der Waals surface area contributed by atoms with Gasteiger partial charge in [0.15, 0.2) is 0 Å². The Kier molecular flexibility index (Phi) is 5.34. The van der Waals surface area contributed by atoms with Crippen LogP contribution in [0.25, 0.3) is 0 Å².